The first-order valence-corrected chi connectivity index (χ1v) is 9.21. The van der Waals surface area contributed by atoms with Crippen LogP contribution in [-0.4, -0.2) is 65.5 Å². The first-order valence-electron chi connectivity index (χ1n) is 9.21. The minimum atomic E-state index is -0.122. The van der Waals surface area contributed by atoms with Gasteiger partial charge in [-0.2, -0.15) is 0 Å². The smallest absolute Gasteiger partial charge is 0.317 e. The molecule has 1 aliphatic rings. The molecule has 7 heteroatoms. The number of nitrogens with zero attached hydrogens (tertiary/aromatic N) is 2. The zero-order valence-corrected chi connectivity index (χ0v) is 15.8. The van der Waals surface area contributed by atoms with Crippen molar-refractivity contribution in [1.29, 1.82) is 0 Å². The predicted octanol–water partition coefficient (Wildman–Crippen LogP) is 2.26. The van der Waals surface area contributed by atoms with E-state index < -0.39 is 0 Å². The molecule has 0 saturated carbocycles. The molecular weight excluding hydrogens is 344 g/mol. The average molecular weight is 370 g/mol. The molecule has 1 unspecified atom stereocenters. The maximum Gasteiger partial charge on any atom is 0.317 e. The largest absolute Gasteiger partial charge is 0.491 e. The number of hydrogen-bond acceptors (Lipinski definition) is 3. The van der Waals surface area contributed by atoms with Crippen LogP contribution in [0.3, 0.4) is 0 Å². The molecule has 0 bridgehead atoms. The van der Waals surface area contributed by atoms with Crippen molar-refractivity contribution in [2.45, 2.75) is 19.9 Å². The van der Waals surface area contributed by atoms with Crippen LogP contribution in [0, 0.1) is 6.92 Å². The fourth-order valence-electron chi connectivity index (χ4n) is 3.02. The summed E-state index contributed by atoms with van der Waals surface area (Å²) in [5, 5.41) is 2.96. The number of carbonyl (C=O) groups is 2. The number of amides is 3. The Balaban J connectivity index is 1.42. The summed E-state index contributed by atoms with van der Waals surface area (Å²) < 4.78 is 5.79. The number of carbonyl (C=O) groups excluding carboxylic acids is 2. The van der Waals surface area contributed by atoms with E-state index in [2.05, 4.69) is 10.3 Å². The van der Waals surface area contributed by atoms with E-state index in [-0.39, 0.29) is 18.0 Å². The van der Waals surface area contributed by atoms with Crippen LogP contribution < -0.4 is 10.1 Å². The molecule has 0 radical (unpaired) electrons. The minimum Gasteiger partial charge on any atom is -0.491 e. The topological polar surface area (TPSA) is 77.7 Å². The van der Waals surface area contributed by atoms with E-state index in [0.29, 0.717) is 38.5 Å². The number of hydrogen-bond donors (Lipinski definition) is 2. The lowest BCUT2D eigenvalue weighted by molar-refractivity contribution is 0.0657. The fourth-order valence-corrected chi connectivity index (χ4v) is 3.02. The van der Waals surface area contributed by atoms with Gasteiger partial charge in [-0.1, -0.05) is 18.2 Å². The maximum absolute atomic E-state index is 12.4. The Morgan fingerprint density at radius 2 is 1.81 bits per heavy atom. The summed E-state index contributed by atoms with van der Waals surface area (Å²) in [6.07, 6.45) is 1.73. The SMILES string of the molecule is Cc1ccccc1OCC(C)NC(=O)N1CCN(C(=O)c2ccc[nH]2)CC1. The van der Waals surface area contributed by atoms with Crippen LogP contribution >= 0.6 is 0 Å². The van der Waals surface area contributed by atoms with Crippen molar-refractivity contribution >= 4 is 11.9 Å². The molecule has 1 aromatic heterocycles. The lowest BCUT2D eigenvalue weighted by Gasteiger charge is -2.35. The highest BCUT2D eigenvalue weighted by molar-refractivity contribution is 5.92. The number of aromatic amines is 1. The summed E-state index contributed by atoms with van der Waals surface area (Å²) in [4.78, 5) is 31.2. The summed E-state index contributed by atoms with van der Waals surface area (Å²) >= 11 is 0. The highest BCUT2D eigenvalue weighted by Crippen LogP contribution is 2.16. The van der Waals surface area contributed by atoms with E-state index in [1.165, 1.54) is 0 Å². The number of aryl methyl sites for hydroxylation is 1. The van der Waals surface area contributed by atoms with Crippen molar-refractivity contribution in [2.24, 2.45) is 0 Å². The second-order valence-electron chi connectivity index (χ2n) is 6.79. The van der Waals surface area contributed by atoms with Crippen LogP contribution in [0.2, 0.25) is 0 Å². The van der Waals surface area contributed by atoms with Gasteiger partial charge in [-0.05, 0) is 37.6 Å². The first-order chi connectivity index (χ1) is 13.0. The Hall–Kier alpha value is -2.96. The zero-order chi connectivity index (χ0) is 19.2. The summed E-state index contributed by atoms with van der Waals surface area (Å²) in [6.45, 7) is 6.40. The second-order valence-corrected chi connectivity index (χ2v) is 6.79. The van der Waals surface area contributed by atoms with E-state index in [9.17, 15) is 9.59 Å². The minimum absolute atomic E-state index is 0.0277. The Labute approximate surface area is 159 Å². The van der Waals surface area contributed by atoms with Gasteiger partial charge in [-0.15, -0.1) is 0 Å². The van der Waals surface area contributed by atoms with Gasteiger partial charge in [0.1, 0.15) is 18.1 Å². The molecule has 3 rings (SSSR count). The monoisotopic (exact) mass is 370 g/mol. The number of aromatic nitrogens is 1. The first kappa shape index (κ1) is 18.8. The number of rotatable bonds is 5. The Morgan fingerprint density at radius 3 is 2.48 bits per heavy atom. The highest BCUT2D eigenvalue weighted by Gasteiger charge is 2.25. The molecule has 1 saturated heterocycles. The number of benzene rings is 1. The van der Waals surface area contributed by atoms with E-state index in [4.69, 9.17) is 4.74 Å². The van der Waals surface area contributed by atoms with Gasteiger partial charge in [0.15, 0.2) is 0 Å². The molecule has 7 nitrogen and oxygen atoms in total. The van der Waals surface area contributed by atoms with Gasteiger partial charge in [0, 0.05) is 32.4 Å². The average Bonchev–Trinajstić information content (AvgIpc) is 3.21. The molecule has 3 amide bonds. The van der Waals surface area contributed by atoms with Crippen molar-refractivity contribution < 1.29 is 14.3 Å². The summed E-state index contributed by atoms with van der Waals surface area (Å²) in [5.41, 5.74) is 1.65. The van der Waals surface area contributed by atoms with Crippen LogP contribution in [0.25, 0.3) is 0 Å². The van der Waals surface area contributed by atoms with Crippen molar-refractivity contribution in [3.8, 4) is 5.75 Å². The number of H-pyrrole nitrogens is 1. The number of piperazine rings is 1. The van der Waals surface area contributed by atoms with Gasteiger partial charge in [-0.3, -0.25) is 4.79 Å². The standard InChI is InChI=1S/C20H26N4O3/c1-15-6-3-4-8-18(15)27-14-16(2)22-20(26)24-12-10-23(11-13-24)19(25)17-7-5-9-21-17/h3-9,16,21H,10-14H2,1-2H3,(H,22,26). The number of nitrogens with one attached hydrogen (secondary N) is 2. The van der Waals surface area contributed by atoms with Crippen molar-refractivity contribution in [2.75, 3.05) is 32.8 Å². The molecule has 27 heavy (non-hydrogen) atoms. The molecule has 0 spiro atoms. The normalized spacial score (nSPS) is 15.3. The number of ether oxygens (including phenoxy) is 1. The molecule has 2 heterocycles. The van der Waals surface area contributed by atoms with Crippen LogP contribution in [-0.2, 0) is 0 Å². The second kappa shape index (κ2) is 8.62. The molecular formula is C20H26N4O3. The lowest BCUT2D eigenvalue weighted by atomic mass is 10.2. The van der Waals surface area contributed by atoms with E-state index in [0.717, 1.165) is 11.3 Å². The highest BCUT2D eigenvalue weighted by atomic mass is 16.5. The molecule has 1 fully saturated rings. The molecule has 2 aromatic rings. The van der Waals surface area contributed by atoms with Crippen molar-refractivity contribution in [3.05, 3.63) is 53.9 Å². The van der Waals surface area contributed by atoms with E-state index in [1.54, 1.807) is 28.1 Å². The van der Waals surface area contributed by atoms with Crippen molar-refractivity contribution in [3.63, 3.8) is 0 Å². The summed E-state index contributed by atoms with van der Waals surface area (Å²) in [6, 6.07) is 11.1. The molecule has 0 aliphatic carbocycles. The Kier molecular flexibility index (Phi) is 6.01. The van der Waals surface area contributed by atoms with E-state index in [1.807, 2.05) is 38.1 Å². The fraction of sp³-hybridized carbons (Fsp3) is 0.400. The van der Waals surface area contributed by atoms with Gasteiger partial charge in [-0.25, -0.2) is 4.79 Å². The van der Waals surface area contributed by atoms with Gasteiger partial charge < -0.3 is 24.8 Å². The molecule has 1 aliphatic heterocycles. The lowest BCUT2D eigenvalue weighted by Crippen LogP contribution is -2.54. The number of urea groups is 1. The van der Waals surface area contributed by atoms with Crippen LogP contribution in [0.5, 0.6) is 5.75 Å². The van der Waals surface area contributed by atoms with Crippen LogP contribution in [0.1, 0.15) is 23.0 Å². The quantitative estimate of drug-likeness (QED) is 0.847. The zero-order valence-electron chi connectivity index (χ0n) is 15.8. The third kappa shape index (κ3) is 4.81. The molecule has 2 N–H and O–H groups in total. The maximum atomic E-state index is 12.4. The van der Waals surface area contributed by atoms with Gasteiger partial charge >= 0.3 is 6.03 Å². The Morgan fingerprint density at radius 1 is 1.11 bits per heavy atom. The predicted molar refractivity (Wildman–Crippen MR) is 103 cm³/mol. The molecule has 144 valence electrons. The van der Waals surface area contributed by atoms with Gasteiger partial charge in [0.25, 0.3) is 5.91 Å². The van der Waals surface area contributed by atoms with Crippen LogP contribution in [0.4, 0.5) is 4.79 Å². The van der Waals surface area contributed by atoms with E-state index >= 15 is 0 Å². The van der Waals surface area contributed by atoms with Gasteiger partial charge in [0.2, 0.25) is 0 Å². The van der Waals surface area contributed by atoms with Gasteiger partial charge in [0.05, 0.1) is 6.04 Å². The summed E-state index contributed by atoms with van der Waals surface area (Å²) in [7, 11) is 0. The summed E-state index contributed by atoms with van der Waals surface area (Å²) in [5.74, 6) is 0.801. The third-order valence-corrected chi connectivity index (χ3v) is 4.63. The van der Waals surface area contributed by atoms with Crippen LogP contribution in [0.15, 0.2) is 42.6 Å². The molecule has 1 atom stereocenters. The Bertz CT molecular complexity index is 767. The number of para-hydroxylation sites is 1. The molecule has 1 aromatic carbocycles. The third-order valence-electron chi connectivity index (χ3n) is 4.63. The van der Waals surface area contributed by atoms with Crippen molar-refractivity contribution in [1.82, 2.24) is 20.1 Å².